The number of hydrogen-bond acceptors (Lipinski definition) is 7. The summed E-state index contributed by atoms with van der Waals surface area (Å²) in [5.41, 5.74) is 4.94. The largest absolute Gasteiger partial charge is 0.467 e. The van der Waals surface area contributed by atoms with Gasteiger partial charge in [-0.15, -0.1) is 0 Å². The highest BCUT2D eigenvalue weighted by atomic mass is 32.1. The summed E-state index contributed by atoms with van der Waals surface area (Å²) in [6, 6.07) is 14.3. The molecule has 7 heteroatoms. The van der Waals surface area contributed by atoms with Crippen LogP contribution in [0.25, 0.3) is 10.2 Å². The van der Waals surface area contributed by atoms with E-state index in [-0.39, 0.29) is 6.61 Å². The number of ether oxygens (including phenoxy) is 1. The summed E-state index contributed by atoms with van der Waals surface area (Å²) in [5.74, 6) is 0.323. The zero-order valence-corrected chi connectivity index (χ0v) is 21.0. The number of piperazine rings is 1. The Labute approximate surface area is 206 Å². The van der Waals surface area contributed by atoms with Crippen LogP contribution in [0.5, 0.6) is 5.19 Å². The van der Waals surface area contributed by atoms with Crippen LogP contribution in [0.2, 0.25) is 0 Å². The summed E-state index contributed by atoms with van der Waals surface area (Å²) in [5, 5.41) is 11.0. The van der Waals surface area contributed by atoms with Gasteiger partial charge in [0, 0.05) is 39.1 Å². The lowest BCUT2D eigenvalue weighted by Crippen LogP contribution is -2.50. The lowest BCUT2D eigenvalue weighted by Gasteiger charge is -2.35. The number of carbonyl (C=O) groups is 1. The lowest BCUT2D eigenvalue weighted by atomic mass is 9.97. The smallest absolute Gasteiger partial charge is 0.274 e. The number of hydrogen-bond donors (Lipinski definition) is 1. The molecule has 1 saturated heterocycles. The van der Waals surface area contributed by atoms with Gasteiger partial charge in [0.15, 0.2) is 0 Å². The highest BCUT2D eigenvalue weighted by Crippen LogP contribution is 2.27. The van der Waals surface area contributed by atoms with Crippen LogP contribution in [0.1, 0.15) is 29.5 Å². The van der Waals surface area contributed by atoms with Crippen LogP contribution >= 0.6 is 11.3 Å². The van der Waals surface area contributed by atoms with Crippen molar-refractivity contribution in [1.82, 2.24) is 14.8 Å². The van der Waals surface area contributed by atoms with Crippen molar-refractivity contribution in [3.63, 3.8) is 0 Å². The number of fused-ring (bicyclic) bond motifs is 1. The molecule has 1 N–H and O–H groups in total. The number of β-amino-alcohol motifs (C(OH)–C–C–N with tert-alkyl or cyclic N) is 1. The molecule has 2 heterocycles. The molecule has 1 unspecified atom stereocenters. The molecule has 182 valence electrons. The minimum absolute atomic E-state index is 0.235. The molecule has 6 nitrogen and oxygen atoms in total. The van der Waals surface area contributed by atoms with Crippen molar-refractivity contribution in [2.45, 2.75) is 39.2 Å². The Kier molecular flexibility index (Phi) is 8.67. The normalized spacial score (nSPS) is 16.1. The monoisotopic (exact) mass is 481 g/mol. The van der Waals surface area contributed by atoms with E-state index in [4.69, 9.17) is 4.74 Å². The van der Waals surface area contributed by atoms with Crippen molar-refractivity contribution in [2.75, 3.05) is 45.9 Å². The van der Waals surface area contributed by atoms with Gasteiger partial charge in [-0.1, -0.05) is 41.7 Å². The molecule has 3 aromatic rings. The summed E-state index contributed by atoms with van der Waals surface area (Å²) < 4.78 is 6.81. The fourth-order valence-corrected chi connectivity index (χ4v) is 5.42. The predicted molar refractivity (Wildman–Crippen MR) is 138 cm³/mol. The summed E-state index contributed by atoms with van der Waals surface area (Å²) >= 11 is 1.50. The number of benzene rings is 2. The Balaban J connectivity index is 1.11. The second-order valence-corrected chi connectivity index (χ2v) is 10.2. The van der Waals surface area contributed by atoms with Gasteiger partial charge < -0.3 is 9.84 Å². The van der Waals surface area contributed by atoms with Crippen LogP contribution in [0.15, 0.2) is 42.5 Å². The van der Waals surface area contributed by atoms with Gasteiger partial charge in [-0.2, -0.15) is 0 Å². The van der Waals surface area contributed by atoms with Gasteiger partial charge in [0.25, 0.3) is 5.19 Å². The number of Topliss-reactive ketones (excluding diaryl/α,β-unsaturated/α-hetero) is 1. The van der Waals surface area contributed by atoms with Crippen LogP contribution in [0, 0.1) is 13.8 Å². The third-order valence-electron chi connectivity index (χ3n) is 6.53. The number of aryl methyl sites for hydroxylation is 2. The molecule has 1 aromatic heterocycles. The number of para-hydroxylation sites is 1. The van der Waals surface area contributed by atoms with E-state index >= 15 is 0 Å². The Hall–Kier alpha value is -2.32. The first-order valence-electron chi connectivity index (χ1n) is 12.2. The molecule has 1 fully saturated rings. The number of ketones is 1. The molecule has 34 heavy (non-hydrogen) atoms. The third kappa shape index (κ3) is 6.85. The van der Waals surface area contributed by atoms with Crippen molar-refractivity contribution >= 4 is 27.3 Å². The van der Waals surface area contributed by atoms with Gasteiger partial charge >= 0.3 is 0 Å². The summed E-state index contributed by atoms with van der Waals surface area (Å²) in [4.78, 5) is 21.4. The molecule has 0 radical (unpaired) electrons. The van der Waals surface area contributed by atoms with E-state index < -0.39 is 6.10 Å². The Morgan fingerprint density at radius 1 is 1.06 bits per heavy atom. The molecule has 2 aromatic carbocycles. The molecule has 1 aliphatic heterocycles. The average Bonchev–Trinajstić information content (AvgIpc) is 3.24. The number of carbonyl (C=O) groups excluding carboxylic acids is 1. The van der Waals surface area contributed by atoms with Crippen molar-refractivity contribution in [3.8, 4) is 5.19 Å². The maximum Gasteiger partial charge on any atom is 0.274 e. The quantitative estimate of drug-likeness (QED) is 0.449. The molecule has 0 saturated carbocycles. The standard InChI is InChI=1S/C27H35N3O3S/c1-20-7-5-8-21(2)24(20)10-6-9-22(31)17-29-13-15-30(16-14-29)18-23(32)19-33-27-28-25-11-3-4-12-26(25)34-27/h3-5,7-8,11-12,23,32H,6,9-10,13-19H2,1-2H3. The number of aliphatic hydroxyl groups is 1. The lowest BCUT2D eigenvalue weighted by molar-refractivity contribution is -0.120. The first kappa shape index (κ1) is 24.8. The number of thiazole rings is 1. The first-order valence-corrected chi connectivity index (χ1v) is 13.0. The van der Waals surface area contributed by atoms with Crippen molar-refractivity contribution in [3.05, 3.63) is 59.2 Å². The summed E-state index contributed by atoms with van der Waals surface area (Å²) in [6.07, 6.45) is 1.95. The topological polar surface area (TPSA) is 65.9 Å². The molecule has 0 spiro atoms. The van der Waals surface area contributed by atoms with Gasteiger partial charge in [0.2, 0.25) is 0 Å². The molecule has 4 rings (SSSR count). The van der Waals surface area contributed by atoms with Gasteiger partial charge in [0.1, 0.15) is 18.5 Å². The fourth-order valence-electron chi connectivity index (χ4n) is 4.60. The van der Waals surface area contributed by atoms with E-state index in [0.29, 0.717) is 30.5 Å². The molecular formula is C27H35N3O3S. The van der Waals surface area contributed by atoms with Crippen LogP contribution in [-0.4, -0.2) is 77.7 Å². The van der Waals surface area contributed by atoms with E-state index in [9.17, 15) is 9.90 Å². The van der Waals surface area contributed by atoms with Crippen LogP contribution in [0.4, 0.5) is 0 Å². The highest BCUT2D eigenvalue weighted by Gasteiger charge is 2.21. The number of aliphatic hydroxyl groups excluding tert-OH is 1. The minimum Gasteiger partial charge on any atom is -0.467 e. The van der Waals surface area contributed by atoms with Crippen molar-refractivity contribution < 1.29 is 14.6 Å². The van der Waals surface area contributed by atoms with Gasteiger partial charge in [-0.25, -0.2) is 4.98 Å². The van der Waals surface area contributed by atoms with Crippen LogP contribution in [-0.2, 0) is 11.2 Å². The van der Waals surface area contributed by atoms with E-state index in [2.05, 4.69) is 46.8 Å². The SMILES string of the molecule is Cc1cccc(C)c1CCCC(=O)CN1CCN(CC(O)COc2nc3ccccc3s2)CC1. The van der Waals surface area contributed by atoms with E-state index in [1.165, 1.54) is 28.0 Å². The predicted octanol–water partition coefficient (Wildman–Crippen LogP) is 3.86. The molecule has 1 aliphatic rings. The van der Waals surface area contributed by atoms with E-state index in [1.807, 2.05) is 24.3 Å². The average molecular weight is 482 g/mol. The van der Waals surface area contributed by atoms with Crippen LogP contribution < -0.4 is 4.74 Å². The first-order chi connectivity index (χ1) is 16.5. The second-order valence-electron chi connectivity index (χ2n) is 9.25. The second kappa shape index (κ2) is 11.9. The maximum atomic E-state index is 12.5. The zero-order valence-electron chi connectivity index (χ0n) is 20.2. The maximum absolute atomic E-state index is 12.5. The van der Waals surface area contributed by atoms with E-state index in [0.717, 1.165) is 49.2 Å². The van der Waals surface area contributed by atoms with Crippen LogP contribution in [0.3, 0.4) is 0 Å². The molecular weight excluding hydrogens is 446 g/mol. The third-order valence-corrected chi connectivity index (χ3v) is 7.48. The summed E-state index contributed by atoms with van der Waals surface area (Å²) in [6.45, 7) is 9.05. The van der Waals surface area contributed by atoms with Gasteiger partial charge in [0.05, 0.1) is 16.8 Å². The van der Waals surface area contributed by atoms with E-state index in [1.54, 1.807) is 0 Å². The molecule has 0 aliphatic carbocycles. The van der Waals surface area contributed by atoms with Crippen molar-refractivity contribution in [1.29, 1.82) is 0 Å². The number of rotatable bonds is 11. The number of nitrogens with zero attached hydrogens (tertiary/aromatic N) is 3. The molecule has 1 atom stereocenters. The summed E-state index contributed by atoms with van der Waals surface area (Å²) in [7, 11) is 0. The fraction of sp³-hybridized carbons (Fsp3) is 0.481. The Morgan fingerprint density at radius 3 is 2.50 bits per heavy atom. The molecule has 0 bridgehead atoms. The molecule has 0 amide bonds. The van der Waals surface area contributed by atoms with Crippen molar-refractivity contribution in [2.24, 2.45) is 0 Å². The van der Waals surface area contributed by atoms with Gasteiger partial charge in [-0.3, -0.25) is 14.6 Å². The zero-order chi connectivity index (χ0) is 23.9. The number of aromatic nitrogens is 1. The van der Waals surface area contributed by atoms with Gasteiger partial charge in [-0.05, 0) is 55.5 Å². The minimum atomic E-state index is -0.565. The highest BCUT2D eigenvalue weighted by molar-refractivity contribution is 7.20. The Bertz CT molecular complexity index is 1040. The Morgan fingerprint density at radius 2 is 1.76 bits per heavy atom.